The smallest absolute Gasteiger partial charge is 0.0443 e. The van der Waals surface area contributed by atoms with E-state index in [1.54, 1.807) is 0 Å². The van der Waals surface area contributed by atoms with Crippen LogP contribution in [0, 0.1) is 13.8 Å². The van der Waals surface area contributed by atoms with Gasteiger partial charge in [0.2, 0.25) is 0 Å². The number of hydrogen-bond acceptors (Lipinski definition) is 4. The lowest BCUT2D eigenvalue weighted by Crippen LogP contribution is -2.47. The lowest BCUT2D eigenvalue weighted by Gasteiger charge is -2.39. The Morgan fingerprint density at radius 3 is 2.81 bits per heavy atom. The minimum Gasteiger partial charge on any atom is -0.396 e. The Bertz CT molecular complexity index is 774. The molecule has 0 amide bonds. The van der Waals surface area contributed by atoms with Crippen molar-refractivity contribution in [3.05, 3.63) is 58.9 Å². The predicted octanol–water partition coefficient (Wildman–Crippen LogP) is 3.30. The first kappa shape index (κ1) is 18.5. The monoisotopic (exact) mass is 365 g/mol. The molecule has 1 saturated heterocycles. The predicted molar refractivity (Wildman–Crippen MR) is 110 cm³/mol. The molecule has 0 bridgehead atoms. The van der Waals surface area contributed by atoms with E-state index in [1.807, 2.05) is 13.1 Å². The van der Waals surface area contributed by atoms with E-state index in [0.717, 1.165) is 44.7 Å². The third-order valence-corrected chi connectivity index (χ3v) is 6.20. The highest BCUT2D eigenvalue weighted by Crippen LogP contribution is 2.45. The van der Waals surface area contributed by atoms with Gasteiger partial charge in [0, 0.05) is 62.3 Å². The second kappa shape index (κ2) is 7.99. The van der Waals surface area contributed by atoms with Gasteiger partial charge in [0.1, 0.15) is 0 Å². The minimum atomic E-state index is 0.289. The van der Waals surface area contributed by atoms with Crippen LogP contribution >= 0.6 is 0 Å². The number of nitrogens with zero attached hydrogens (tertiary/aromatic N) is 3. The second-order valence-electron chi connectivity index (χ2n) is 8.15. The number of aliphatic hydroxyl groups is 1. The molecule has 4 rings (SSSR count). The number of fused-ring (bicyclic) bond motifs is 3. The van der Waals surface area contributed by atoms with Gasteiger partial charge in [-0.25, -0.2) is 0 Å². The number of aromatic nitrogens is 1. The van der Waals surface area contributed by atoms with E-state index in [1.165, 1.54) is 28.8 Å². The van der Waals surface area contributed by atoms with Gasteiger partial charge in [-0.15, -0.1) is 0 Å². The number of rotatable bonds is 6. The van der Waals surface area contributed by atoms with Crippen molar-refractivity contribution >= 4 is 5.69 Å². The maximum absolute atomic E-state index is 9.18. The molecule has 1 N–H and O–H groups in total. The van der Waals surface area contributed by atoms with Crippen molar-refractivity contribution < 1.29 is 5.11 Å². The summed E-state index contributed by atoms with van der Waals surface area (Å²) in [6.07, 6.45) is 5.15. The Hall–Kier alpha value is -1.91. The summed E-state index contributed by atoms with van der Waals surface area (Å²) in [7, 11) is 0. The van der Waals surface area contributed by atoms with E-state index < -0.39 is 0 Å². The maximum Gasteiger partial charge on any atom is 0.0443 e. The molecular formula is C23H31N3O. The molecule has 0 radical (unpaired) electrons. The molecule has 0 spiro atoms. The number of anilines is 1. The molecule has 4 nitrogen and oxygen atoms in total. The Morgan fingerprint density at radius 1 is 1.15 bits per heavy atom. The third-order valence-electron chi connectivity index (χ3n) is 6.20. The quantitative estimate of drug-likeness (QED) is 0.853. The summed E-state index contributed by atoms with van der Waals surface area (Å²) in [5, 5.41) is 9.18. The zero-order chi connectivity index (χ0) is 18.8. The average molecular weight is 366 g/mol. The standard InChI is InChI=1S/C23H31N3O/c1-17-4-7-22-20(14-17)21-16-25(10-3-13-27)11-9-23(21)26(22)12-8-19-6-5-18(2)24-15-19/h4-7,14-15,21,23,27H,3,8-13,16H2,1-2H3. The van der Waals surface area contributed by atoms with Crippen molar-refractivity contribution in [3.63, 3.8) is 0 Å². The van der Waals surface area contributed by atoms with Crippen LogP contribution in [0.2, 0.25) is 0 Å². The molecule has 0 saturated carbocycles. The van der Waals surface area contributed by atoms with Crippen LogP contribution in [0.3, 0.4) is 0 Å². The molecule has 4 heteroatoms. The number of hydrogen-bond donors (Lipinski definition) is 1. The van der Waals surface area contributed by atoms with Gasteiger partial charge in [-0.3, -0.25) is 4.98 Å². The van der Waals surface area contributed by atoms with Gasteiger partial charge in [0.15, 0.2) is 0 Å². The highest BCUT2D eigenvalue weighted by molar-refractivity contribution is 5.63. The Balaban J connectivity index is 1.53. The summed E-state index contributed by atoms with van der Waals surface area (Å²) in [6.45, 7) is 8.84. The lowest BCUT2D eigenvalue weighted by atomic mass is 9.88. The molecule has 2 atom stereocenters. The third kappa shape index (κ3) is 3.87. The van der Waals surface area contributed by atoms with Crippen molar-refractivity contribution in [2.45, 2.75) is 45.1 Å². The van der Waals surface area contributed by atoms with E-state index in [9.17, 15) is 5.11 Å². The first-order valence-corrected chi connectivity index (χ1v) is 10.3. The molecule has 3 heterocycles. The highest BCUT2D eigenvalue weighted by Gasteiger charge is 2.41. The number of likely N-dealkylation sites (tertiary alicyclic amines) is 1. The molecular weight excluding hydrogens is 334 g/mol. The van der Waals surface area contributed by atoms with Gasteiger partial charge >= 0.3 is 0 Å². The van der Waals surface area contributed by atoms with Gasteiger partial charge < -0.3 is 14.9 Å². The average Bonchev–Trinajstić information content (AvgIpc) is 2.98. The van der Waals surface area contributed by atoms with E-state index in [-0.39, 0.29) is 6.61 Å². The topological polar surface area (TPSA) is 39.6 Å². The fourth-order valence-corrected chi connectivity index (χ4v) is 4.78. The highest BCUT2D eigenvalue weighted by atomic mass is 16.3. The molecule has 1 aromatic carbocycles. The summed E-state index contributed by atoms with van der Waals surface area (Å²) < 4.78 is 0. The summed E-state index contributed by atoms with van der Waals surface area (Å²) in [6, 6.07) is 11.9. The molecule has 2 aromatic rings. The summed E-state index contributed by atoms with van der Waals surface area (Å²) in [4.78, 5) is 9.65. The Labute approximate surface area is 162 Å². The molecule has 0 aliphatic carbocycles. The number of aliphatic hydroxyl groups excluding tert-OH is 1. The number of piperidine rings is 1. The normalized spacial score (nSPS) is 22.0. The first-order valence-electron chi connectivity index (χ1n) is 10.3. The maximum atomic E-state index is 9.18. The molecule has 1 fully saturated rings. The molecule has 2 aliphatic rings. The van der Waals surface area contributed by atoms with Crippen molar-refractivity contribution in [1.82, 2.24) is 9.88 Å². The van der Waals surface area contributed by atoms with Crippen molar-refractivity contribution in [1.29, 1.82) is 0 Å². The lowest BCUT2D eigenvalue weighted by molar-refractivity contribution is 0.174. The minimum absolute atomic E-state index is 0.289. The fraction of sp³-hybridized carbons (Fsp3) is 0.522. The molecule has 2 aliphatic heterocycles. The summed E-state index contributed by atoms with van der Waals surface area (Å²) >= 11 is 0. The number of pyridine rings is 1. The SMILES string of the molecule is Cc1ccc2c(c1)C1CN(CCCO)CCC1N2CCc1ccc(C)nc1. The van der Waals surface area contributed by atoms with Crippen LogP contribution in [0.15, 0.2) is 36.5 Å². The Kier molecular flexibility index (Phi) is 5.46. The van der Waals surface area contributed by atoms with Crippen LogP contribution in [0.1, 0.15) is 41.1 Å². The van der Waals surface area contributed by atoms with Crippen LogP contribution in [-0.2, 0) is 6.42 Å². The van der Waals surface area contributed by atoms with E-state index in [2.05, 4.69) is 52.0 Å². The number of benzene rings is 1. The van der Waals surface area contributed by atoms with Gasteiger partial charge in [-0.1, -0.05) is 23.8 Å². The van der Waals surface area contributed by atoms with Crippen LogP contribution in [0.4, 0.5) is 5.69 Å². The van der Waals surface area contributed by atoms with Crippen LogP contribution < -0.4 is 4.90 Å². The van der Waals surface area contributed by atoms with E-state index in [0.29, 0.717) is 12.0 Å². The van der Waals surface area contributed by atoms with Gasteiger partial charge in [-0.05, 0) is 56.4 Å². The van der Waals surface area contributed by atoms with Gasteiger partial charge in [0.25, 0.3) is 0 Å². The van der Waals surface area contributed by atoms with Crippen LogP contribution in [-0.4, -0.2) is 53.8 Å². The molecule has 1 aromatic heterocycles. The van der Waals surface area contributed by atoms with E-state index >= 15 is 0 Å². The van der Waals surface area contributed by atoms with Crippen molar-refractivity contribution in [3.8, 4) is 0 Å². The first-order chi connectivity index (χ1) is 13.2. The summed E-state index contributed by atoms with van der Waals surface area (Å²) in [5.41, 5.74) is 6.70. The van der Waals surface area contributed by atoms with Crippen molar-refractivity contribution in [2.75, 3.05) is 37.7 Å². The Morgan fingerprint density at radius 2 is 2.04 bits per heavy atom. The second-order valence-corrected chi connectivity index (χ2v) is 8.15. The van der Waals surface area contributed by atoms with E-state index in [4.69, 9.17) is 0 Å². The zero-order valence-corrected chi connectivity index (χ0v) is 16.6. The number of aryl methyl sites for hydroxylation is 2. The van der Waals surface area contributed by atoms with Gasteiger partial charge in [-0.2, -0.15) is 0 Å². The van der Waals surface area contributed by atoms with Crippen molar-refractivity contribution in [2.24, 2.45) is 0 Å². The fourth-order valence-electron chi connectivity index (χ4n) is 4.78. The molecule has 144 valence electrons. The van der Waals surface area contributed by atoms with Crippen LogP contribution in [0.25, 0.3) is 0 Å². The van der Waals surface area contributed by atoms with Gasteiger partial charge in [0.05, 0.1) is 0 Å². The van der Waals surface area contributed by atoms with Crippen LogP contribution in [0.5, 0.6) is 0 Å². The molecule has 2 unspecified atom stereocenters. The summed E-state index contributed by atoms with van der Waals surface area (Å²) in [5.74, 6) is 0.587. The largest absolute Gasteiger partial charge is 0.396 e. The zero-order valence-electron chi connectivity index (χ0n) is 16.6. The molecule has 27 heavy (non-hydrogen) atoms.